The fourth-order valence-electron chi connectivity index (χ4n) is 3.36. The van der Waals surface area contributed by atoms with E-state index in [-0.39, 0.29) is 24.0 Å². The number of nitrogens with zero attached hydrogens (tertiary/aromatic N) is 3. The second-order valence-electron chi connectivity index (χ2n) is 6.45. The number of ether oxygens (including phenoxy) is 1. The molecule has 24 heavy (non-hydrogen) atoms. The average Bonchev–Trinajstić information content (AvgIpc) is 3.19. The van der Waals surface area contributed by atoms with Gasteiger partial charge in [-0.3, -0.25) is 4.99 Å². The molecule has 134 valence electrons. The van der Waals surface area contributed by atoms with Gasteiger partial charge in [-0.15, -0.1) is 24.0 Å². The summed E-state index contributed by atoms with van der Waals surface area (Å²) in [6.45, 7) is 7.69. The molecule has 2 saturated heterocycles. The lowest BCUT2D eigenvalue weighted by Gasteiger charge is -2.25. The summed E-state index contributed by atoms with van der Waals surface area (Å²) < 4.78 is 5.61. The third kappa shape index (κ3) is 4.95. The number of rotatable bonds is 4. The van der Waals surface area contributed by atoms with Crippen molar-refractivity contribution in [3.8, 4) is 0 Å². The molecule has 2 aliphatic rings. The first-order valence-electron chi connectivity index (χ1n) is 8.42. The predicted molar refractivity (Wildman–Crippen MR) is 108 cm³/mol. The van der Waals surface area contributed by atoms with Crippen molar-refractivity contribution in [1.29, 1.82) is 0 Å². The molecule has 0 amide bonds. The summed E-state index contributed by atoms with van der Waals surface area (Å²) >= 11 is 5.82. The zero-order valence-electron chi connectivity index (χ0n) is 14.1. The summed E-state index contributed by atoms with van der Waals surface area (Å²) in [5.41, 5.74) is 1.52. The van der Waals surface area contributed by atoms with E-state index in [1.165, 1.54) is 12.8 Å². The molecule has 5 nitrogen and oxygen atoms in total. The molecule has 0 bridgehead atoms. The summed E-state index contributed by atoms with van der Waals surface area (Å²) in [5.74, 6) is 1.03. The molecule has 0 saturated carbocycles. The number of hydrogen-bond donors (Lipinski definition) is 1. The highest BCUT2D eigenvalue weighted by Crippen LogP contribution is 2.38. The van der Waals surface area contributed by atoms with E-state index in [2.05, 4.69) is 22.1 Å². The van der Waals surface area contributed by atoms with Gasteiger partial charge in [0.2, 0.25) is 0 Å². The van der Waals surface area contributed by atoms with Gasteiger partial charge in [0.1, 0.15) is 5.15 Å². The van der Waals surface area contributed by atoms with Gasteiger partial charge in [0.15, 0.2) is 5.96 Å². The fourth-order valence-corrected chi connectivity index (χ4v) is 3.47. The second kappa shape index (κ2) is 9.20. The fraction of sp³-hybridized carbons (Fsp3) is 0.647. The highest BCUT2D eigenvalue weighted by molar-refractivity contribution is 14.0. The minimum Gasteiger partial charge on any atom is -0.381 e. The monoisotopic (exact) mass is 464 g/mol. The quantitative estimate of drug-likeness (QED) is 0.322. The van der Waals surface area contributed by atoms with Crippen molar-refractivity contribution >= 4 is 41.5 Å². The first-order valence-corrected chi connectivity index (χ1v) is 8.80. The molecule has 1 N–H and O–H groups in total. The summed E-state index contributed by atoms with van der Waals surface area (Å²) in [6, 6.07) is 3.84. The van der Waals surface area contributed by atoms with Crippen molar-refractivity contribution in [3.63, 3.8) is 0 Å². The van der Waals surface area contributed by atoms with Crippen LogP contribution in [0.1, 0.15) is 25.3 Å². The Kier molecular flexibility index (Phi) is 7.56. The smallest absolute Gasteiger partial charge is 0.193 e. The summed E-state index contributed by atoms with van der Waals surface area (Å²) in [6.07, 6.45) is 5.09. The third-order valence-electron chi connectivity index (χ3n) is 4.71. The van der Waals surface area contributed by atoms with E-state index in [0.29, 0.717) is 10.6 Å². The van der Waals surface area contributed by atoms with Crippen LogP contribution in [-0.4, -0.2) is 55.2 Å². The van der Waals surface area contributed by atoms with Crippen molar-refractivity contribution in [2.24, 2.45) is 10.4 Å². The number of aromatic nitrogens is 1. The number of hydrogen-bond acceptors (Lipinski definition) is 3. The molecular weight excluding hydrogens is 439 g/mol. The van der Waals surface area contributed by atoms with E-state index in [9.17, 15) is 0 Å². The number of aliphatic imine (C=N–C) groups is 1. The Morgan fingerprint density at radius 1 is 1.46 bits per heavy atom. The Morgan fingerprint density at radius 3 is 3.00 bits per heavy atom. The molecule has 1 aromatic heterocycles. The SMILES string of the molecule is CCNC(=NCCc1ccc(Cl)nc1)N1CCC2(CCOC2)C1.I. The Bertz CT molecular complexity index is 546. The van der Waals surface area contributed by atoms with Crippen molar-refractivity contribution in [2.45, 2.75) is 26.2 Å². The van der Waals surface area contributed by atoms with Gasteiger partial charge in [0, 0.05) is 44.4 Å². The van der Waals surface area contributed by atoms with Crippen molar-refractivity contribution in [1.82, 2.24) is 15.2 Å². The lowest BCUT2D eigenvalue weighted by molar-refractivity contribution is 0.156. The van der Waals surface area contributed by atoms with Crippen LogP contribution in [0.3, 0.4) is 0 Å². The van der Waals surface area contributed by atoms with Crippen LogP contribution >= 0.6 is 35.6 Å². The summed E-state index contributed by atoms with van der Waals surface area (Å²) in [5, 5.41) is 3.96. The molecule has 1 spiro atoms. The Balaban J connectivity index is 0.00000208. The van der Waals surface area contributed by atoms with Crippen LogP contribution in [0.25, 0.3) is 0 Å². The normalized spacial score (nSPS) is 23.6. The van der Waals surface area contributed by atoms with Crippen molar-refractivity contribution < 1.29 is 4.74 Å². The maximum absolute atomic E-state index is 5.82. The van der Waals surface area contributed by atoms with E-state index in [1.807, 2.05) is 18.3 Å². The van der Waals surface area contributed by atoms with E-state index in [4.69, 9.17) is 21.3 Å². The van der Waals surface area contributed by atoms with Crippen LogP contribution in [0.15, 0.2) is 23.3 Å². The zero-order chi connectivity index (χ0) is 16.1. The van der Waals surface area contributed by atoms with Crippen LogP contribution < -0.4 is 5.32 Å². The van der Waals surface area contributed by atoms with Gasteiger partial charge < -0.3 is 15.0 Å². The Labute approximate surface area is 166 Å². The molecular formula is C17H26ClIN4O. The number of pyridine rings is 1. The number of nitrogens with one attached hydrogen (secondary N) is 1. The molecule has 7 heteroatoms. The molecule has 2 fully saturated rings. The Hall–Kier alpha value is -0.600. The van der Waals surface area contributed by atoms with Gasteiger partial charge >= 0.3 is 0 Å². The lowest BCUT2D eigenvalue weighted by atomic mass is 9.87. The van der Waals surface area contributed by atoms with Crippen LogP contribution in [-0.2, 0) is 11.2 Å². The lowest BCUT2D eigenvalue weighted by Crippen LogP contribution is -2.41. The zero-order valence-corrected chi connectivity index (χ0v) is 17.2. The molecule has 1 aromatic rings. The van der Waals surface area contributed by atoms with E-state index < -0.39 is 0 Å². The predicted octanol–water partition coefficient (Wildman–Crippen LogP) is 2.97. The highest BCUT2D eigenvalue weighted by Gasteiger charge is 2.42. The summed E-state index contributed by atoms with van der Waals surface area (Å²) in [7, 11) is 0. The van der Waals surface area contributed by atoms with Crippen LogP contribution in [0, 0.1) is 5.41 Å². The largest absolute Gasteiger partial charge is 0.381 e. The molecule has 1 unspecified atom stereocenters. The first-order chi connectivity index (χ1) is 11.2. The van der Waals surface area contributed by atoms with E-state index >= 15 is 0 Å². The minimum atomic E-state index is 0. The van der Waals surface area contributed by atoms with Crippen molar-refractivity contribution in [3.05, 3.63) is 29.0 Å². The van der Waals surface area contributed by atoms with Gasteiger partial charge in [0.05, 0.1) is 6.61 Å². The molecule has 0 radical (unpaired) electrons. The number of guanidine groups is 1. The van der Waals surface area contributed by atoms with E-state index in [0.717, 1.165) is 57.3 Å². The van der Waals surface area contributed by atoms with Crippen LogP contribution in [0.4, 0.5) is 0 Å². The topological polar surface area (TPSA) is 49.8 Å². The van der Waals surface area contributed by atoms with E-state index in [1.54, 1.807) is 0 Å². The highest BCUT2D eigenvalue weighted by atomic mass is 127. The van der Waals surface area contributed by atoms with Gasteiger partial charge in [-0.25, -0.2) is 4.98 Å². The minimum absolute atomic E-state index is 0. The van der Waals surface area contributed by atoms with Crippen LogP contribution in [0.5, 0.6) is 0 Å². The second-order valence-corrected chi connectivity index (χ2v) is 6.84. The van der Waals surface area contributed by atoms with Gasteiger partial charge in [-0.1, -0.05) is 17.7 Å². The van der Waals surface area contributed by atoms with Gasteiger partial charge in [-0.2, -0.15) is 0 Å². The molecule has 3 heterocycles. The molecule has 3 rings (SSSR count). The van der Waals surface area contributed by atoms with Gasteiger partial charge in [0.25, 0.3) is 0 Å². The molecule has 0 aliphatic carbocycles. The average molecular weight is 465 g/mol. The molecule has 2 aliphatic heterocycles. The number of halogens is 2. The first kappa shape index (κ1) is 19.7. The standard InChI is InChI=1S/C17H25ClN4O.HI/c1-2-19-16(20-8-5-14-3-4-15(18)21-11-14)22-9-6-17(12-22)7-10-23-13-17;/h3-4,11H,2,5-10,12-13H2,1H3,(H,19,20);1H. The van der Waals surface area contributed by atoms with Crippen molar-refractivity contribution in [2.75, 3.05) is 39.4 Å². The molecule has 0 aromatic carbocycles. The maximum Gasteiger partial charge on any atom is 0.193 e. The van der Waals surface area contributed by atoms with Crippen LogP contribution in [0.2, 0.25) is 5.15 Å². The van der Waals surface area contributed by atoms with Gasteiger partial charge in [-0.05, 0) is 37.8 Å². The Morgan fingerprint density at radius 2 is 2.33 bits per heavy atom. The number of likely N-dealkylation sites (tertiary alicyclic amines) is 1. The maximum atomic E-state index is 5.82. The summed E-state index contributed by atoms with van der Waals surface area (Å²) in [4.78, 5) is 11.3. The third-order valence-corrected chi connectivity index (χ3v) is 4.93. The molecule has 1 atom stereocenters.